The normalized spacial score (nSPS) is 19.1. The zero-order valence-electron chi connectivity index (χ0n) is 14.8. The number of aromatic nitrogens is 6. The molecule has 25 heavy (non-hydrogen) atoms. The summed E-state index contributed by atoms with van der Waals surface area (Å²) in [6.45, 7) is 6.13. The topological polar surface area (TPSA) is 138 Å². The molecule has 0 aliphatic rings. The van der Waals surface area contributed by atoms with Gasteiger partial charge in [-0.25, -0.2) is 15.0 Å². The van der Waals surface area contributed by atoms with Crippen LogP contribution in [0.15, 0.2) is 37.2 Å². The van der Waals surface area contributed by atoms with Crippen molar-refractivity contribution in [1.29, 1.82) is 0 Å². The highest BCUT2D eigenvalue weighted by Gasteiger charge is 2.48. The molecule has 0 aliphatic heterocycles. The van der Waals surface area contributed by atoms with Gasteiger partial charge in [-0.2, -0.15) is 0 Å². The van der Waals surface area contributed by atoms with Crippen LogP contribution in [0, 0.1) is 0 Å². The fourth-order valence-electron chi connectivity index (χ4n) is 3.58. The van der Waals surface area contributed by atoms with E-state index in [0.717, 1.165) is 17.5 Å². The van der Waals surface area contributed by atoms with Gasteiger partial charge in [0.05, 0.1) is 5.54 Å². The van der Waals surface area contributed by atoms with Crippen molar-refractivity contribution in [2.24, 2.45) is 11.5 Å². The van der Waals surface area contributed by atoms with Crippen LogP contribution in [0.5, 0.6) is 0 Å². The molecular weight excluding hydrogens is 316 g/mol. The zero-order chi connectivity index (χ0) is 18.0. The van der Waals surface area contributed by atoms with Gasteiger partial charge in [0.1, 0.15) is 17.5 Å². The second kappa shape index (κ2) is 6.81. The van der Waals surface area contributed by atoms with Crippen LogP contribution in [-0.4, -0.2) is 41.5 Å². The predicted molar refractivity (Wildman–Crippen MR) is 95.9 cm³/mol. The first-order valence-electron chi connectivity index (χ1n) is 8.48. The van der Waals surface area contributed by atoms with Gasteiger partial charge in [0.25, 0.3) is 0 Å². The Morgan fingerprint density at radius 2 is 1.20 bits per heavy atom. The first kappa shape index (κ1) is 17.4. The quantitative estimate of drug-likeness (QED) is 0.444. The molecule has 0 spiro atoms. The molecule has 8 heteroatoms. The molecule has 3 aromatic rings. The number of nitrogens with two attached hydrogens (primary N) is 2. The molecule has 3 aromatic heterocycles. The minimum atomic E-state index is -0.804. The molecule has 4 unspecified atom stereocenters. The van der Waals surface area contributed by atoms with E-state index in [4.69, 9.17) is 11.5 Å². The van der Waals surface area contributed by atoms with Gasteiger partial charge >= 0.3 is 0 Å². The summed E-state index contributed by atoms with van der Waals surface area (Å²) in [7, 11) is 0. The van der Waals surface area contributed by atoms with Crippen molar-refractivity contribution in [3.8, 4) is 0 Å². The lowest BCUT2D eigenvalue weighted by atomic mass is 9.67. The molecule has 0 aliphatic carbocycles. The highest BCUT2D eigenvalue weighted by Crippen LogP contribution is 2.40. The van der Waals surface area contributed by atoms with Crippen LogP contribution in [0.4, 0.5) is 0 Å². The van der Waals surface area contributed by atoms with E-state index in [9.17, 15) is 0 Å². The number of rotatable bonds is 7. The van der Waals surface area contributed by atoms with E-state index in [-0.39, 0.29) is 23.8 Å². The van der Waals surface area contributed by atoms with Crippen molar-refractivity contribution in [1.82, 2.24) is 29.9 Å². The van der Waals surface area contributed by atoms with E-state index >= 15 is 0 Å². The fourth-order valence-corrected chi connectivity index (χ4v) is 3.58. The van der Waals surface area contributed by atoms with Gasteiger partial charge in [-0.15, -0.1) is 0 Å². The minimum absolute atomic E-state index is 0.0603. The highest BCUT2D eigenvalue weighted by molar-refractivity contribution is 5.23. The maximum absolute atomic E-state index is 7.03. The molecule has 134 valence electrons. The number of hydrogen-bond donors (Lipinski definition) is 5. The summed E-state index contributed by atoms with van der Waals surface area (Å²) in [5.41, 5.74) is 13.0. The Labute approximate surface area is 146 Å². The summed E-state index contributed by atoms with van der Waals surface area (Å²) in [6, 6.07) is -0.376. The molecular formula is C17H26N8. The summed E-state index contributed by atoms with van der Waals surface area (Å²) < 4.78 is 0. The maximum Gasteiger partial charge on any atom is 0.110 e. The molecule has 0 bridgehead atoms. The van der Waals surface area contributed by atoms with Gasteiger partial charge in [0.15, 0.2) is 0 Å². The Morgan fingerprint density at radius 1 is 0.800 bits per heavy atom. The van der Waals surface area contributed by atoms with Gasteiger partial charge in [-0.3, -0.25) is 0 Å². The van der Waals surface area contributed by atoms with Gasteiger partial charge < -0.3 is 26.4 Å². The summed E-state index contributed by atoms with van der Waals surface area (Å²) in [5.74, 6) is 2.14. The van der Waals surface area contributed by atoms with Crippen molar-refractivity contribution >= 4 is 0 Å². The summed E-state index contributed by atoms with van der Waals surface area (Å²) >= 11 is 0. The number of nitrogens with one attached hydrogen (secondary N) is 3. The van der Waals surface area contributed by atoms with Crippen molar-refractivity contribution < 1.29 is 0 Å². The first-order valence-corrected chi connectivity index (χ1v) is 8.48. The zero-order valence-corrected chi connectivity index (χ0v) is 14.8. The smallest absolute Gasteiger partial charge is 0.110 e. The summed E-state index contributed by atoms with van der Waals surface area (Å²) in [4.78, 5) is 22.7. The molecule has 3 heterocycles. The maximum atomic E-state index is 7.03. The second-order valence-corrected chi connectivity index (χ2v) is 6.68. The Bertz CT molecular complexity index is 707. The van der Waals surface area contributed by atoms with Crippen LogP contribution in [0.3, 0.4) is 0 Å². The monoisotopic (exact) mass is 342 g/mol. The molecule has 8 nitrogen and oxygen atoms in total. The summed E-state index contributed by atoms with van der Waals surface area (Å²) in [6.07, 6.45) is 10.6. The van der Waals surface area contributed by atoms with E-state index < -0.39 is 5.54 Å². The highest BCUT2D eigenvalue weighted by atomic mass is 15.0. The van der Waals surface area contributed by atoms with Crippen LogP contribution in [0.2, 0.25) is 0 Å². The third-order valence-corrected chi connectivity index (χ3v) is 5.43. The van der Waals surface area contributed by atoms with Crippen LogP contribution in [-0.2, 0) is 0 Å². The van der Waals surface area contributed by atoms with Gasteiger partial charge in [-0.1, -0.05) is 20.8 Å². The number of hydrogen-bond acceptors (Lipinski definition) is 5. The average molecular weight is 342 g/mol. The number of aromatic amines is 3. The van der Waals surface area contributed by atoms with Gasteiger partial charge in [0.2, 0.25) is 0 Å². The van der Waals surface area contributed by atoms with Crippen LogP contribution in [0.1, 0.15) is 56.0 Å². The lowest BCUT2D eigenvalue weighted by Gasteiger charge is -2.45. The second-order valence-electron chi connectivity index (χ2n) is 6.68. The molecule has 3 rings (SSSR count). The molecule has 7 N–H and O–H groups in total. The predicted octanol–water partition coefficient (Wildman–Crippen LogP) is 1.59. The Balaban J connectivity index is 2.01. The van der Waals surface area contributed by atoms with Crippen molar-refractivity contribution in [3.63, 3.8) is 0 Å². The van der Waals surface area contributed by atoms with E-state index in [0.29, 0.717) is 0 Å². The van der Waals surface area contributed by atoms with Crippen LogP contribution >= 0.6 is 0 Å². The number of nitrogens with zero attached hydrogens (tertiary/aromatic N) is 3. The first-order chi connectivity index (χ1) is 12.0. The molecule has 0 amide bonds. The van der Waals surface area contributed by atoms with E-state index in [1.165, 1.54) is 0 Å². The largest absolute Gasteiger partial charge is 0.348 e. The lowest BCUT2D eigenvalue weighted by Crippen LogP contribution is -2.63. The van der Waals surface area contributed by atoms with Crippen molar-refractivity contribution in [2.45, 2.75) is 50.1 Å². The van der Waals surface area contributed by atoms with E-state index in [1.807, 2.05) is 20.8 Å². The van der Waals surface area contributed by atoms with Crippen molar-refractivity contribution in [3.05, 3.63) is 54.7 Å². The molecule has 0 fully saturated rings. The SMILES string of the molecule is CC(c1ncc[nH]1)C(N)C(N)(C(C)c1ncc[nH]1)C(C)c1ncc[nH]1. The number of H-pyrrole nitrogens is 3. The van der Waals surface area contributed by atoms with Gasteiger partial charge in [-0.05, 0) is 0 Å². The van der Waals surface area contributed by atoms with Crippen LogP contribution in [0.25, 0.3) is 0 Å². The minimum Gasteiger partial charge on any atom is -0.348 e. The summed E-state index contributed by atoms with van der Waals surface area (Å²) in [5, 5.41) is 0. The average Bonchev–Trinajstić information content (AvgIpc) is 3.39. The molecule has 0 aromatic carbocycles. The third-order valence-electron chi connectivity index (χ3n) is 5.43. The number of imidazole rings is 3. The Kier molecular flexibility index (Phi) is 4.73. The third kappa shape index (κ3) is 2.98. The van der Waals surface area contributed by atoms with E-state index in [2.05, 4.69) is 29.9 Å². The molecule has 0 saturated carbocycles. The Morgan fingerprint density at radius 3 is 1.56 bits per heavy atom. The molecule has 4 atom stereocenters. The molecule has 0 radical (unpaired) electrons. The fraction of sp³-hybridized carbons (Fsp3) is 0.471. The Hall–Kier alpha value is -2.45. The van der Waals surface area contributed by atoms with E-state index in [1.54, 1.807) is 37.2 Å². The lowest BCUT2D eigenvalue weighted by molar-refractivity contribution is 0.217. The standard InChI is InChI=1S/C17H26N8/c1-10(14-20-4-5-21-14)13(18)17(19,11(2)15-22-6-7-23-15)12(3)16-24-8-9-25-16/h4-13H,18-19H2,1-3H3,(H,20,21)(H,22,23)(H,24,25). The molecule has 0 saturated heterocycles. The van der Waals surface area contributed by atoms with Gasteiger partial charge in [0, 0.05) is 61.0 Å². The van der Waals surface area contributed by atoms with Crippen molar-refractivity contribution in [2.75, 3.05) is 0 Å². The van der Waals surface area contributed by atoms with Crippen LogP contribution < -0.4 is 11.5 Å².